The van der Waals surface area contributed by atoms with Gasteiger partial charge < -0.3 is 30.2 Å². The van der Waals surface area contributed by atoms with E-state index in [4.69, 9.17) is 25.8 Å². The SMILES string of the molecule is COC[C@H](C)N[C@H]1CC[C@H](Nc2cc(-c3ccc(F)c(NCC4(OC)CCOCC4)c3)c(Cl)cn2)CC1. The summed E-state index contributed by atoms with van der Waals surface area (Å²) in [5.74, 6) is 0.471. The Morgan fingerprint density at radius 2 is 1.86 bits per heavy atom. The molecule has 1 aliphatic heterocycles. The molecular weight excluding hydrogens is 495 g/mol. The molecule has 2 aromatic rings. The average Bonchev–Trinajstić information content (AvgIpc) is 2.91. The fraction of sp³-hybridized carbons (Fsp3) is 0.607. The molecule has 1 aromatic heterocycles. The van der Waals surface area contributed by atoms with Crippen LogP contribution in [0.2, 0.25) is 5.02 Å². The highest BCUT2D eigenvalue weighted by Gasteiger charge is 2.32. The molecule has 0 amide bonds. The van der Waals surface area contributed by atoms with Gasteiger partial charge in [0.05, 0.1) is 22.9 Å². The second-order valence-electron chi connectivity index (χ2n) is 10.3. The molecule has 204 valence electrons. The van der Waals surface area contributed by atoms with Gasteiger partial charge in [-0.1, -0.05) is 17.7 Å². The number of nitrogens with one attached hydrogen (secondary N) is 3. The average molecular weight is 535 g/mol. The zero-order valence-electron chi connectivity index (χ0n) is 22.1. The summed E-state index contributed by atoms with van der Waals surface area (Å²) in [6.07, 6.45) is 7.54. The minimum absolute atomic E-state index is 0.309. The Bertz CT molecular complexity index is 1010. The molecule has 0 spiro atoms. The molecule has 7 nitrogen and oxygen atoms in total. The highest BCUT2D eigenvalue weighted by atomic mass is 35.5. The van der Waals surface area contributed by atoms with Gasteiger partial charge in [0.1, 0.15) is 11.6 Å². The first-order valence-electron chi connectivity index (χ1n) is 13.2. The number of pyridine rings is 1. The second kappa shape index (κ2) is 13.2. The van der Waals surface area contributed by atoms with Crippen LogP contribution in [0, 0.1) is 5.82 Å². The maximum absolute atomic E-state index is 14.7. The van der Waals surface area contributed by atoms with Crippen molar-refractivity contribution in [2.45, 2.75) is 69.2 Å². The van der Waals surface area contributed by atoms with E-state index in [1.165, 1.54) is 6.07 Å². The first-order valence-corrected chi connectivity index (χ1v) is 13.6. The van der Waals surface area contributed by atoms with Crippen molar-refractivity contribution in [2.24, 2.45) is 0 Å². The molecule has 1 atom stereocenters. The van der Waals surface area contributed by atoms with Crippen LogP contribution in [0.15, 0.2) is 30.5 Å². The fourth-order valence-corrected chi connectivity index (χ4v) is 5.55. The van der Waals surface area contributed by atoms with Crippen LogP contribution in [0.1, 0.15) is 45.4 Å². The number of halogens is 2. The minimum Gasteiger partial charge on any atom is -0.383 e. The molecule has 2 aliphatic rings. The smallest absolute Gasteiger partial charge is 0.146 e. The summed E-state index contributed by atoms with van der Waals surface area (Å²) in [5, 5.41) is 11.0. The zero-order valence-corrected chi connectivity index (χ0v) is 22.9. The van der Waals surface area contributed by atoms with Crippen LogP contribution in [-0.4, -0.2) is 69.3 Å². The monoisotopic (exact) mass is 534 g/mol. The Labute approximate surface area is 224 Å². The Morgan fingerprint density at radius 3 is 2.57 bits per heavy atom. The summed E-state index contributed by atoms with van der Waals surface area (Å²) in [6.45, 7) is 4.67. The molecule has 2 heterocycles. The lowest BCUT2D eigenvalue weighted by molar-refractivity contribution is -0.0807. The number of hydrogen-bond donors (Lipinski definition) is 3. The van der Waals surface area contributed by atoms with Crippen LogP contribution < -0.4 is 16.0 Å². The van der Waals surface area contributed by atoms with Gasteiger partial charge >= 0.3 is 0 Å². The van der Waals surface area contributed by atoms with Gasteiger partial charge in [-0.05, 0) is 56.4 Å². The van der Waals surface area contributed by atoms with Crippen molar-refractivity contribution in [3.05, 3.63) is 41.3 Å². The standard InChI is InChI=1S/C28H40ClFN4O3/c1-19(17-35-2)33-21-5-7-22(8-6-21)34-27-15-23(24(29)16-31-27)20-4-9-25(30)26(14-20)32-18-28(36-3)10-12-37-13-11-28/h4,9,14-16,19,21-22,32-33H,5-8,10-13,17-18H2,1-3H3,(H,31,34)/t19-,21-,22-/m0/s1. The van der Waals surface area contributed by atoms with E-state index in [9.17, 15) is 4.39 Å². The third-order valence-electron chi connectivity index (χ3n) is 7.59. The molecule has 0 radical (unpaired) electrons. The normalized spacial score (nSPS) is 22.4. The summed E-state index contributed by atoms with van der Waals surface area (Å²) >= 11 is 6.55. The quantitative estimate of drug-likeness (QED) is 0.351. The molecule has 1 aromatic carbocycles. The largest absolute Gasteiger partial charge is 0.383 e. The number of anilines is 2. The number of hydrogen-bond acceptors (Lipinski definition) is 7. The summed E-state index contributed by atoms with van der Waals surface area (Å²) in [7, 11) is 3.44. The summed E-state index contributed by atoms with van der Waals surface area (Å²) in [4.78, 5) is 4.51. The third kappa shape index (κ3) is 7.54. The van der Waals surface area contributed by atoms with Crippen molar-refractivity contribution in [1.29, 1.82) is 0 Å². The van der Waals surface area contributed by atoms with Gasteiger partial charge in [-0.15, -0.1) is 0 Å². The molecule has 4 rings (SSSR count). The number of rotatable bonds is 11. The van der Waals surface area contributed by atoms with Crippen molar-refractivity contribution >= 4 is 23.1 Å². The van der Waals surface area contributed by atoms with Crippen molar-refractivity contribution < 1.29 is 18.6 Å². The molecule has 0 bridgehead atoms. The highest BCUT2D eigenvalue weighted by molar-refractivity contribution is 6.33. The Hall–Kier alpha value is -1.97. The van der Waals surface area contributed by atoms with Gasteiger partial charge in [0.25, 0.3) is 0 Å². The molecule has 3 N–H and O–H groups in total. The van der Waals surface area contributed by atoms with E-state index in [0.717, 1.165) is 62.1 Å². The molecule has 9 heteroatoms. The van der Waals surface area contributed by atoms with Crippen molar-refractivity contribution in [2.75, 3.05) is 51.2 Å². The number of nitrogens with zero attached hydrogens (tertiary/aromatic N) is 1. The Kier molecular flexibility index (Phi) is 10.0. The van der Waals surface area contributed by atoms with Gasteiger partial charge in [0, 0.05) is 76.7 Å². The lowest BCUT2D eigenvalue weighted by atomic mass is 9.90. The summed E-state index contributed by atoms with van der Waals surface area (Å²) in [6, 6.07) is 8.22. The van der Waals surface area contributed by atoms with E-state index in [1.807, 2.05) is 6.07 Å². The van der Waals surface area contributed by atoms with E-state index in [-0.39, 0.29) is 11.4 Å². The first kappa shape index (κ1) is 28.0. The Balaban J connectivity index is 1.40. The maximum atomic E-state index is 14.7. The van der Waals surface area contributed by atoms with Crippen LogP contribution in [-0.2, 0) is 14.2 Å². The lowest BCUT2D eigenvalue weighted by Crippen LogP contribution is -2.44. The molecule has 1 saturated carbocycles. The lowest BCUT2D eigenvalue weighted by Gasteiger charge is -2.36. The molecular formula is C28H40ClFN4O3. The van der Waals surface area contributed by atoms with Gasteiger partial charge in [-0.2, -0.15) is 0 Å². The van der Waals surface area contributed by atoms with Crippen LogP contribution in [0.4, 0.5) is 15.9 Å². The van der Waals surface area contributed by atoms with E-state index in [2.05, 4.69) is 27.9 Å². The summed E-state index contributed by atoms with van der Waals surface area (Å²) in [5.41, 5.74) is 1.72. The van der Waals surface area contributed by atoms with Crippen LogP contribution in [0.3, 0.4) is 0 Å². The van der Waals surface area contributed by atoms with E-state index in [1.54, 1.807) is 32.5 Å². The predicted molar refractivity (Wildman–Crippen MR) is 147 cm³/mol. The number of benzene rings is 1. The van der Waals surface area contributed by atoms with Crippen LogP contribution in [0.5, 0.6) is 0 Å². The molecule has 0 unspecified atom stereocenters. The second-order valence-corrected chi connectivity index (χ2v) is 10.7. The van der Waals surface area contributed by atoms with E-state index >= 15 is 0 Å². The Morgan fingerprint density at radius 1 is 1.14 bits per heavy atom. The highest BCUT2D eigenvalue weighted by Crippen LogP contribution is 2.33. The zero-order chi connectivity index (χ0) is 26.3. The maximum Gasteiger partial charge on any atom is 0.146 e. The van der Waals surface area contributed by atoms with Crippen molar-refractivity contribution in [1.82, 2.24) is 10.3 Å². The predicted octanol–water partition coefficient (Wildman–Crippen LogP) is 5.50. The van der Waals surface area contributed by atoms with E-state index in [0.29, 0.717) is 48.6 Å². The van der Waals surface area contributed by atoms with Crippen LogP contribution in [0.25, 0.3) is 11.1 Å². The first-order chi connectivity index (χ1) is 17.9. The molecule has 37 heavy (non-hydrogen) atoms. The molecule has 2 fully saturated rings. The van der Waals surface area contributed by atoms with Gasteiger partial charge in [-0.25, -0.2) is 9.37 Å². The van der Waals surface area contributed by atoms with Gasteiger partial charge in [0.2, 0.25) is 0 Å². The van der Waals surface area contributed by atoms with Gasteiger partial charge in [-0.3, -0.25) is 0 Å². The number of methoxy groups -OCH3 is 2. The van der Waals surface area contributed by atoms with E-state index < -0.39 is 0 Å². The molecule has 1 aliphatic carbocycles. The van der Waals surface area contributed by atoms with Gasteiger partial charge in [0.15, 0.2) is 0 Å². The topological polar surface area (TPSA) is 76.7 Å². The van der Waals surface area contributed by atoms with Crippen molar-refractivity contribution in [3.8, 4) is 11.1 Å². The van der Waals surface area contributed by atoms with Crippen LogP contribution >= 0.6 is 11.6 Å². The minimum atomic E-state index is -0.359. The van der Waals surface area contributed by atoms with Crippen molar-refractivity contribution in [3.63, 3.8) is 0 Å². The molecule has 1 saturated heterocycles. The fourth-order valence-electron chi connectivity index (χ4n) is 5.33. The number of aromatic nitrogens is 1. The number of ether oxygens (including phenoxy) is 3. The third-order valence-corrected chi connectivity index (χ3v) is 7.89. The summed E-state index contributed by atoms with van der Waals surface area (Å²) < 4.78 is 31.2.